The van der Waals surface area contributed by atoms with Crippen molar-refractivity contribution in [3.63, 3.8) is 0 Å². The van der Waals surface area contributed by atoms with E-state index < -0.39 is 39.2 Å². The molecule has 9 heteroatoms. The van der Waals surface area contributed by atoms with E-state index in [2.05, 4.69) is 5.32 Å². The van der Waals surface area contributed by atoms with Gasteiger partial charge in [-0.15, -0.1) is 11.8 Å². The first-order valence-corrected chi connectivity index (χ1v) is 10.6. The number of hydrogen-bond acceptors (Lipinski definition) is 6. The van der Waals surface area contributed by atoms with Crippen molar-refractivity contribution in [2.75, 3.05) is 13.7 Å². The van der Waals surface area contributed by atoms with Gasteiger partial charge in [-0.1, -0.05) is 24.3 Å². The summed E-state index contributed by atoms with van der Waals surface area (Å²) in [4.78, 5) is 24.7. The molecule has 7 nitrogen and oxygen atoms in total. The summed E-state index contributed by atoms with van der Waals surface area (Å²) in [5.74, 6) is -0.821. The predicted molar refractivity (Wildman–Crippen MR) is 97.8 cm³/mol. The summed E-state index contributed by atoms with van der Waals surface area (Å²) >= 11 is 1.27. The number of rotatable bonds is 5. The van der Waals surface area contributed by atoms with Gasteiger partial charge in [0.05, 0.1) is 18.0 Å². The van der Waals surface area contributed by atoms with Gasteiger partial charge < -0.3 is 10.1 Å². The van der Waals surface area contributed by atoms with Crippen molar-refractivity contribution in [1.82, 2.24) is 9.62 Å². The molecule has 1 aromatic rings. The van der Waals surface area contributed by atoms with Crippen molar-refractivity contribution in [1.29, 1.82) is 0 Å². The second-order valence-electron chi connectivity index (χ2n) is 6.03. The lowest BCUT2D eigenvalue weighted by Crippen LogP contribution is -2.51. The van der Waals surface area contributed by atoms with Crippen molar-refractivity contribution in [2.24, 2.45) is 0 Å². The van der Waals surface area contributed by atoms with Crippen LogP contribution in [-0.4, -0.2) is 55.6 Å². The lowest BCUT2D eigenvalue weighted by Gasteiger charge is -2.25. The largest absolute Gasteiger partial charge is 0.468 e. The third kappa shape index (κ3) is 3.65. The van der Waals surface area contributed by atoms with E-state index in [1.165, 1.54) is 35.3 Å². The molecular formula is C17H20N2O5S2. The molecule has 0 saturated carbocycles. The Kier molecular flexibility index (Phi) is 5.69. The first-order chi connectivity index (χ1) is 12.4. The number of esters is 1. The van der Waals surface area contributed by atoms with Gasteiger partial charge in [0.25, 0.3) is 0 Å². The fourth-order valence-electron chi connectivity index (χ4n) is 3.12. The molecule has 0 spiro atoms. The van der Waals surface area contributed by atoms with E-state index in [0.717, 1.165) is 0 Å². The number of methoxy groups -OCH3 is 1. The number of benzene rings is 1. The molecule has 1 amide bonds. The molecule has 1 fully saturated rings. The van der Waals surface area contributed by atoms with Crippen LogP contribution >= 0.6 is 11.8 Å². The number of nitrogens with one attached hydrogen (secondary N) is 1. The Hall–Kier alpha value is -1.84. The van der Waals surface area contributed by atoms with Gasteiger partial charge in [-0.2, -0.15) is 4.31 Å². The van der Waals surface area contributed by atoms with Gasteiger partial charge in [-0.25, -0.2) is 8.42 Å². The molecule has 0 radical (unpaired) electrons. The smallest absolute Gasteiger partial charge is 0.321 e. The number of nitrogens with zero attached hydrogens (tertiary/aromatic N) is 1. The quantitative estimate of drug-likeness (QED) is 0.750. The van der Waals surface area contributed by atoms with Crippen LogP contribution in [0.25, 0.3) is 0 Å². The van der Waals surface area contributed by atoms with E-state index >= 15 is 0 Å². The van der Waals surface area contributed by atoms with E-state index in [0.29, 0.717) is 19.4 Å². The molecule has 1 saturated heterocycles. The van der Waals surface area contributed by atoms with Crippen molar-refractivity contribution < 1.29 is 22.7 Å². The van der Waals surface area contributed by atoms with Gasteiger partial charge in [-0.05, 0) is 30.4 Å². The number of amides is 1. The normalized spacial score (nSPS) is 26.0. The van der Waals surface area contributed by atoms with Crippen molar-refractivity contribution in [3.05, 3.63) is 41.8 Å². The number of ether oxygens (including phenoxy) is 1. The summed E-state index contributed by atoms with van der Waals surface area (Å²) < 4.78 is 31.7. The minimum Gasteiger partial charge on any atom is -0.468 e. The molecule has 2 aliphatic heterocycles. The second kappa shape index (κ2) is 7.81. The average Bonchev–Trinajstić information content (AvgIpc) is 3.31. The maximum absolute atomic E-state index is 12.9. The maximum atomic E-state index is 12.9. The highest BCUT2D eigenvalue weighted by Crippen LogP contribution is 2.28. The van der Waals surface area contributed by atoms with Crippen LogP contribution < -0.4 is 5.32 Å². The lowest BCUT2D eigenvalue weighted by molar-refractivity contribution is -0.140. The zero-order chi connectivity index (χ0) is 18.7. The SMILES string of the molecule is COC(=O)C1SC=CC1NC(=O)[C@H]1CCCN1S(=O)(=O)c1ccccc1. The standard InChI is InChI=1S/C17H20N2O5S2/c1-24-17(21)15-13(9-11-25-15)18-16(20)14-8-5-10-19(14)26(22,23)12-6-3-2-4-7-12/h2-4,6-7,9,11,13-15H,5,8,10H2,1H3,(H,18,20)/t13?,14-,15?/m1/s1. The van der Waals surface area contributed by atoms with Crippen molar-refractivity contribution in [3.8, 4) is 0 Å². The van der Waals surface area contributed by atoms with Gasteiger partial charge in [0.15, 0.2) is 0 Å². The van der Waals surface area contributed by atoms with Gasteiger partial charge in [-0.3, -0.25) is 9.59 Å². The van der Waals surface area contributed by atoms with Gasteiger partial charge >= 0.3 is 5.97 Å². The summed E-state index contributed by atoms with van der Waals surface area (Å²) in [7, 11) is -2.45. The van der Waals surface area contributed by atoms with Gasteiger partial charge in [0.2, 0.25) is 15.9 Å². The Bertz CT molecular complexity index is 810. The molecule has 3 rings (SSSR count). The molecule has 0 bridgehead atoms. The number of carbonyl (C=O) groups excluding carboxylic acids is 2. The van der Waals surface area contributed by atoms with Crippen LogP contribution in [0.5, 0.6) is 0 Å². The second-order valence-corrected chi connectivity index (χ2v) is 8.97. The van der Waals surface area contributed by atoms with E-state index in [1.54, 1.807) is 29.7 Å². The average molecular weight is 396 g/mol. The van der Waals surface area contributed by atoms with E-state index in [9.17, 15) is 18.0 Å². The minimum absolute atomic E-state index is 0.170. The topological polar surface area (TPSA) is 92.8 Å². The Morgan fingerprint density at radius 2 is 2.00 bits per heavy atom. The molecular weight excluding hydrogens is 376 g/mol. The van der Waals surface area contributed by atoms with Crippen LogP contribution in [0.15, 0.2) is 46.7 Å². The number of carbonyl (C=O) groups is 2. The van der Waals surface area contributed by atoms with Crippen molar-refractivity contribution >= 4 is 33.7 Å². The lowest BCUT2D eigenvalue weighted by atomic mass is 10.1. The first-order valence-electron chi connectivity index (χ1n) is 8.22. The number of thioether (sulfide) groups is 1. The van der Waals surface area contributed by atoms with Crippen LogP contribution in [-0.2, 0) is 24.3 Å². The van der Waals surface area contributed by atoms with Crippen LogP contribution in [0, 0.1) is 0 Å². The summed E-state index contributed by atoms with van der Waals surface area (Å²) in [5.41, 5.74) is 0. The molecule has 0 aromatic heterocycles. The highest BCUT2D eigenvalue weighted by atomic mass is 32.2. The van der Waals surface area contributed by atoms with Crippen LogP contribution in [0.4, 0.5) is 0 Å². The first kappa shape index (κ1) is 18.9. The highest BCUT2D eigenvalue weighted by molar-refractivity contribution is 8.03. The zero-order valence-electron chi connectivity index (χ0n) is 14.2. The molecule has 140 valence electrons. The van der Waals surface area contributed by atoms with Crippen LogP contribution in [0.1, 0.15) is 12.8 Å². The van der Waals surface area contributed by atoms with Crippen LogP contribution in [0.2, 0.25) is 0 Å². The molecule has 3 atom stereocenters. The fraction of sp³-hybridized carbons (Fsp3) is 0.412. The Labute approximate surface area is 156 Å². The summed E-state index contributed by atoms with van der Waals surface area (Å²) in [5, 5.41) is 3.97. The van der Waals surface area contributed by atoms with Gasteiger partial charge in [0, 0.05) is 6.54 Å². The third-order valence-corrected chi connectivity index (χ3v) is 7.45. The maximum Gasteiger partial charge on any atom is 0.321 e. The fourth-order valence-corrected chi connectivity index (χ4v) is 5.76. The van der Waals surface area contributed by atoms with E-state index in [1.807, 2.05) is 0 Å². The van der Waals surface area contributed by atoms with Crippen molar-refractivity contribution in [2.45, 2.75) is 35.1 Å². The molecule has 26 heavy (non-hydrogen) atoms. The monoisotopic (exact) mass is 396 g/mol. The molecule has 1 N–H and O–H groups in total. The molecule has 1 aromatic carbocycles. The van der Waals surface area contributed by atoms with E-state index in [-0.39, 0.29) is 4.90 Å². The Balaban J connectivity index is 1.75. The number of sulfonamides is 1. The minimum atomic E-state index is -3.74. The molecule has 0 aliphatic carbocycles. The van der Waals surface area contributed by atoms with Gasteiger partial charge in [0.1, 0.15) is 11.3 Å². The Morgan fingerprint density at radius 1 is 1.27 bits per heavy atom. The molecule has 2 aliphatic rings. The predicted octanol–water partition coefficient (Wildman–Crippen LogP) is 1.13. The zero-order valence-corrected chi connectivity index (χ0v) is 15.8. The highest BCUT2D eigenvalue weighted by Gasteiger charge is 2.41. The van der Waals surface area contributed by atoms with E-state index in [4.69, 9.17) is 4.74 Å². The summed E-state index contributed by atoms with van der Waals surface area (Å²) in [6.07, 6.45) is 2.78. The Morgan fingerprint density at radius 3 is 2.69 bits per heavy atom. The third-order valence-electron chi connectivity index (χ3n) is 4.44. The summed E-state index contributed by atoms with van der Waals surface area (Å²) in [6.45, 7) is 0.297. The van der Waals surface area contributed by atoms with Crippen LogP contribution in [0.3, 0.4) is 0 Å². The molecule has 2 heterocycles. The summed E-state index contributed by atoms with van der Waals surface area (Å²) in [6, 6.07) is 6.79. The molecule has 2 unspecified atom stereocenters. The number of hydrogen-bond donors (Lipinski definition) is 1.